The average Bonchev–Trinajstić information content (AvgIpc) is 2.62. The van der Waals surface area contributed by atoms with Crippen LogP contribution in [-0.4, -0.2) is 33.0 Å². The highest BCUT2D eigenvalue weighted by Crippen LogP contribution is 2.05. The number of halogens is 1. The van der Waals surface area contributed by atoms with E-state index >= 15 is 0 Å². The van der Waals surface area contributed by atoms with Crippen molar-refractivity contribution in [2.45, 2.75) is 25.8 Å². The summed E-state index contributed by atoms with van der Waals surface area (Å²) in [6.07, 6.45) is 1.81. The van der Waals surface area contributed by atoms with Gasteiger partial charge in [-0.3, -0.25) is 4.79 Å². The van der Waals surface area contributed by atoms with Crippen LogP contribution in [0.3, 0.4) is 0 Å². The number of aromatic nitrogens is 2. The fourth-order valence-electron chi connectivity index (χ4n) is 1.15. The molecule has 1 amide bonds. The van der Waals surface area contributed by atoms with E-state index in [-0.39, 0.29) is 24.0 Å². The van der Waals surface area contributed by atoms with Gasteiger partial charge in [0.1, 0.15) is 6.04 Å². The molecular formula is C9H12ClN3O3. The lowest BCUT2D eigenvalue weighted by atomic mass is 10.1. The maximum absolute atomic E-state index is 11.1. The number of nitrogens with zero attached hydrogens (tertiary/aromatic N) is 1. The second kappa shape index (κ2) is 5.50. The number of carboxylic acid groups (broad SMARTS) is 1. The van der Waals surface area contributed by atoms with Crippen LogP contribution in [0.2, 0.25) is 5.28 Å². The lowest BCUT2D eigenvalue weighted by Crippen LogP contribution is -2.42. The number of hydrogen-bond acceptors (Lipinski definition) is 3. The van der Waals surface area contributed by atoms with Crippen LogP contribution in [0.1, 0.15) is 19.0 Å². The van der Waals surface area contributed by atoms with Gasteiger partial charge in [0.15, 0.2) is 5.28 Å². The van der Waals surface area contributed by atoms with Crippen molar-refractivity contribution < 1.29 is 14.7 Å². The summed E-state index contributed by atoms with van der Waals surface area (Å²) in [6, 6.07) is -0.969. The van der Waals surface area contributed by atoms with Gasteiger partial charge in [0, 0.05) is 24.7 Å². The quantitative estimate of drug-likeness (QED) is 0.707. The zero-order chi connectivity index (χ0) is 12.1. The fourth-order valence-corrected chi connectivity index (χ4v) is 1.32. The van der Waals surface area contributed by atoms with Crippen molar-refractivity contribution in [2.24, 2.45) is 0 Å². The predicted molar refractivity (Wildman–Crippen MR) is 57.2 cm³/mol. The monoisotopic (exact) mass is 245 g/mol. The minimum Gasteiger partial charge on any atom is -0.480 e. The first kappa shape index (κ1) is 12.5. The minimum absolute atomic E-state index is 0.126. The number of H-pyrrole nitrogens is 1. The molecule has 0 saturated heterocycles. The Morgan fingerprint density at radius 3 is 2.81 bits per heavy atom. The highest BCUT2D eigenvalue weighted by Gasteiger charge is 2.20. The van der Waals surface area contributed by atoms with Gasteiger partial charge in [0.05, 0.1) is 0 Å². The van der Waals surface area contributed by atoms with Crippen molar-refractivity contribution in [3.05, 3.63) is 17.2 Å². The van der Waals surface area contributed by atoms with Gasteiger partial charge in [-0.25, -0.2) is 9.78 Å². The van der Waals surface area contributed by atoms with Crippen molar-refractivity contribution in [1.82, 2.24) is 15.3 Å². The first-order valence-electron chi connectivity index (χ1n) is 4.74. The second-order valence-electron chi connectivity index (χ2n) is 3.22. The van der Waals surface area contributed by atoms with E-state index in [1.165, 1.54) is 6.20 Å². The second-order valence-corrected chi connectivity index (χ2v) is 3.57. The van der Waals surface area contributed by atoms with Crippen molar-refractivity contribution in [2.75, 3.05) is 0 Å². The third-order valence-corrected chi connectivity index (χ3v) is 2.17. The molecule has 0 saturated carbocycles. The van der Waals surface area contributed by atoms with E-state index in [0.29, 0.717) is 5.69 Å². The molecule has 0 aliphatic heterocycles. The maximum Gasteiger partial charge on any atom is 0.326 e. The number of aromatic amines is 1. The predicted octanol–water partition coefficient (Wildman–Crippen LogP) is 0.585. The van der Waals surface area contributed by atoms with Gasteiger partial charge in [-0.05, 0) is 11.6 Å². The topological polar surface area (TPSA) is 95.1 Å². The molecule has 0 unspecified atom stereocenters. The van der Waals surface area contributed by atoms with E-state index in [2.05, 4.69) is 15.3 Å². The molecule has 16 heavy (non-hydrogen) atoms. The molecule has 1 atom stereocenters. The molecule has 1 heterocycles. The van der Waals surface area contributed by atoms with Crippen LogP contribution < -0.4 is 5.32 Å². The van der Waals surface area contributed by atoms with E-state index in [1.807, 2.05) is 0 Å². The highest BCUT2D eigenvalue weighted by atomic mass is 35.5. The number of carbonyl (C=O) groups excluding carboxylic acids is 1. The number of nitrogens with one attached hydrogen (secondary N) is 2. The normalized spacial score (nSPS) is 12.1. The molecule has 0 spiro atoms. The number of aliphatic carboxylic acids is 1. The van der Waals surface area contributed by atoms with Gasteiger partial charge < -0.3 is 15.4 Å². The van der Waals surface area contributed by atoms with E-state index in [9.17, 15) is 9.59 Å². The molecule has 1 rings (SSSR count). The number of carboxylic acids is 1. The fraction of sp³-hybridized carbons (Fsp3) is 0.444. The van der Waals surface area contributed by atoms with Gasteiger partial charge >= 0.3 is 5.97 Å². The molecule has 0 aromatic carbocycles. The number of imidazole rings is 1. The molecule has 88 valence electrons. The zero-order valence-electron chi connectivity index (χ0n) is 8.66. The van der Waals surface area contributed by atoms with E-state index in [0.717, 1.165) is 0 Å². The van der Waals surface area contributed by atoms with Crippen molar-refractivity contribution in [3.63, 3.8) is 0 Å². The summed E-state index contributed by atoms with van der Waals surface area (Å²) in [7, 11) is 0. The Balaban J connectivity index is 2.65. The molecule has 6 nitrogen and oxygen atoms in total. The molecule has 1 aromatic rings. The van der Waals surface area contributed by atoms with Crippen LogP contribution in [0.25, 0.3) is 0 Å². The van der Waals surface area contributed by atoms with Gasteiger partial charge in [0.25, 0.3) is 0 Å². The van der Waals surface area contributed by atoms with Crippen LogP contribution in [0.4, 0.5) is 0 Å². The summed E-state index contributed by atoms with van der Waals surface area (Å²) in [5, 5.41) is 11.5. The Bertz CT molecular complexity index is 391. The number of amides is 1. The maximum atomic E-state index is 11.1. The highest BCUT2D eigenvalue weighted by molar-refractivity contribution is 6.28. The SMILES string of the molecule is CCC(=O)N[C@@H](Cc1cnc(Cl)[nH]1)C(=O)O. The van der Waals surface area contributed by atoms with Crippen LogP contribution in [0, 0.1) is 0 Å². The van der Waals surface area contributed by atoms with Gasteiger partial charge in [-0.2, -0.15) is 0 Å². The molecule has 3 N–H and O–H groups in total. The Kier molecular flexibility index (Phi) is 4.30. The van der Waals surface area contributed by atoms with E-state index in [1.54, 1.807) is 6.92 Å². The van der Waals surface area contributed by atoms with Gasteiger partial charge in [0.2, 0.25) is 5.91 Å². The lowest BCUT2D eigenvalue weighted by Gasteiger charge is -2.12. The minimum atomic E-state index is -1.09. The molecule has 0 fully saturated rings. The summed E-state index contributed by atoms with van der Waals surface area (Å²) in [5.74, 6) is -1.40. The summed E-state index contributed by atoms with van der Waals surface area (Å²) >= 11 is 5.56. The summed E-state index contributed by atoms with van der Waals surface area (Å²) in [6.45, 7) is 1.65. The first-order chi connectivity index (χ1) is 7.52. The van der Waals surface area contributed by atoms with E-state index < -0.39 is 12.0 Å². The first-order valence-corrected chi connectivity index (χ1v) is 5.12. The third-order valence-electron chi connectivity index (χ3n) is 1.98. The van der Waals surface area contributed by atoms with Crippen molar-refractivity contribution in [3.8, 4) is 0 Å². The molecule has 0 aliphatic carbocycles. The number of carbonyl (C=O) groups is 2. The Hall–Kier alpha value is -1.56. The lowest BCUT2D eigenvalue weighted by molar-refractivity contribution is -0.141. The van der Waals surface area contributed by atoms with E-state index in [4.69, 9.17) is 16.7 Å². The van der Waals surface area contributed by atoms with Crippen molar-refractivity contribution in [1.29, 1.82) is 0 Å². The molecule has 0 aliphatic rings. The summed E-state index contributed by atoms with van der Waals surface area (Å²) in [4.78, 5) is 28.4. The van der Waals surface area contributed by atoms with Crippen LogP contribution in [0.15, 0.2) is 6.20 Å². The van der Waals surface area contributed by atoms with Gasteiger partial charge in [-0.15, -0.1) is 0 Å². The molecule has 7 heteroatoms. The Labute approximate surface area is 97.0 Å². The van der Waals surface area contributed by atoms with Gasteiger partial charge in [-0.1, -0.05) is 6.92 Å². The average molecular weight is 246 g/mol. The smallest absolute Gasteiger partial charge is 0.326 e. The molecular weight excluding hydrogens is 234 g/mol. The molecule has 1 aromatic heterocycles. The zero-order valence-corrected chi connectivity index (χ0v) is 9.41. The molecule has 0 bridgehead atoms. The number of hydrogen-bond donors (Lipinski definition) is 3. The standard InChI is InChI=1S/C9H12ClN3O3/c1-2-7(14)13-6(8(15)16)3-5-4-11-9(10)12-5/h4,6H,2-3H2,1H3,(H,11,12)(H,13,14)(H,15,16)/t6-/m0/s1. The largest absolute Gasteiger partial charge is 0.480 e. The van der Waals surface area contributed by atoms with Crippen LogP contribution in [0.5, 0.6) is 0 Å². The molecule has 0 radical (unpaired) electrons. The summed E-state index contributed by atoms with van der Waals surface area (Å²) in [5.41, 5.74) is 0.564. The van der Waals surface area contributed by atoms with Crippen LogP contribution in [-0.2, 0) is 16.0 Å². The van der Waals surface area contributed by atoms with Crippen molar-refractivity contribution >= 4 is 23.5 Å². The summed E-state index contributed by atoms with van der Waals surface area (Å²) < 4.78 is 0. The number of rotatable bonds is 5. The van der Waals surface area contributed by atoms with Crippen LogP contribution >= 0.6 is 11.6 Å². The third kappa shape index (κ3) is 3.54. The Morgan fingerprint density at radius 2 is 2.38 bits per heavy atom. The Morgan fingerprint density at radius 1 is 1.69 bits per heavy atom.